The van der Waals surface area contributed by atoms with Gasteiger partial charge in [0.25, 0.3) is 0 Å². The third kappa shape index (κ3) is 2.21. The Morgan fingerprint density at radius 2 is 1.85 bits per heavy atom. The minimum absolute atomic E-state index is 0.876. The first kappa shape index (κ1) is 12.9. The molecule has 3 heteroatoms. The van der Waals surface area contributed by atoms with E-state index in [1.54, 1.807) is 0 Å². The fraction of sp³-hybridized carbons (Fsp3) is 0.235. The van der Waals surface area contributed by atoms with E-state index in [4.69, 9.17) is 4.98 Å². The molecule has 1 heterocycles. The number of benzene rings is 2. The molecule has 0 aliphatic rings. The summed E-state index contributed by atoms with van der Waals surface area (Å²) in [5.41, 5.74) is 5.92. The molecule has 0 atom stereocenters. The van der Waals surface area contributed by atoms with Crippen LogP contribution < -0.4 is 5.32 Å². The first-order valence-corrected chi connectivity index (χ1v) is 6.86. The lowest BCUT2D eigenvalue weighted by atomic mass is 10.1. The summed E-state index contributed by atoms with van der Waals surface area (Å²) in [4.78, 5) is 4.76. The van der Waals surface area contributed by atoms with Crippen LogP contribution in [0.1, 0.15) is 11.1 Å². The molecule has 20 heavy (non-hydrogen) atoms. The lowest BCUT2D eigenvalue weighted by Gasteiger charge is -2.04. The molecule has 0 aliphatic carbocycles. The largest absolute Gasteiger partial charge is 0.327 e. The molecule has 0 saturated carbocycles. The molecular formula is C17H19N3. The van der Waals surface area contributed by atoms with Gasteiger partial charge in [0.05, 0.1) is 11.0 Å². The number of hydrogen-bond acceptors (Lipinski definition) is 2. The average molecular weight is 265 g/mol. The quantitative estimate of drug-likeness (QED) is 0.787. The molecular weight excluding hydrogens is 246 g/mol. The first-order valence-electron chi connectivity index (χ1n) is 6.86. The highest BCUT2D eigenvalue weighted by Gasteiger charge is 2.10. The van der Waals surface area contributed by atoms with Crippen LogP contribution in [-0.2, 0) is 13.6 Å². The molecule has 0 radical (unpaired) electrons. The van der Waals surface area contributed by atoms with Crippen molar-refractivity contribution in [3.05, 3.63) is 53.6 Å². The Morgan fingerprint density at radius 3 is 2.55 bits per heavy atom. The van der Waals surface area contributed by atoms with Crippen molar-refractivity contribution >= 4 is 11.0 Å². The molecule has 2 aromatic carbocycles. The van der Waals surface area contributed by atoms with E-state index in [0.29, 0.717) is 0 Å². The van der Waals surface area contributed by atoms with E-state index in [9.17, 15) is 0 Å². The summed E-state index contributed by atoms with van der Waals surface area (Å²) < 4.78 is 2.17. The van der Waals surface area contributed by atoms with Crippen molar-refractivity contribution in [2.75, 3.05) is 7.05 Å². The topological polar surface area (TPSA) is 29.9 Å². The predicted octanol–water partition coefficient (Wildman–Crippen LogP) is 3.27. The fourth-order valence-electron chi connectivity index (χ4n) is 2.51. The standard InChI is InChI=1S/C17H19N3/c1-12-4-7-14(8-5-12)17-19-15-9-6-13(11-18-2)10-16(15)20(17)3/h4-10,18H,11H2,1-3H3. The van der Waals surface area contributed by atoms with Crippen LogP contribution >= 0.6 is 0 Å². The van der Waals surface area contributed by atoms with Gasteiger partial charge in [-0.1, -0.05) is 35.9 Å². The van der Waals surface area contributed by atoms with Gasteiger partial charge in [-0.25, -0.2) is 4.98 Å². The maximum atomic E-state index is 4.76. The Morgan fingerprint density at radius 1 is 1.10 bits per heavy atom. The number of aromatic nitrogens is 2. The summed E-state index contributed by atoms with van der Waals surface area (Å²) in [6.07, 6.45) is 0. The molecule has 0 unspecified atom stereocenters. The van der Waals surface area contributed by atoms with E-state index in [0.717, 1.165) is 23.4 Å². The molecule has 0 amide bonds. The van der Waals surface area contributed by atoms with Crippen LogP contribution in [0.2, 0.25) is 0 Å². The lowest BCUT2D eigenvalue weighted by molar-refractivity contribution is 0.818. The van der Waals surface area contributed by atoms with Gasteiger partial charge >= 0.3 is 0 Å². The summed E-state index contributed by atoms with van der Waals surface area (Å²) in [5.74, 6) is 1.02. The van der Waals surface area contributed by atoms with Gasteiger partial charge in [-0.3, -0.25) is 0 Å². The zero-order valence-electron chi connectivity index (χ0n) is 12.1. The third-order valence-electron chi connectivity index (χ3n) is 3.64. The Balaban J connectivity index is 2.12. The summed E-state index contributed by atoms with van der Waals surface area (Å²) in [7, 11) is 4.04. The minimum Gasteiger partial charge on any atom is -0.327 e. The maximum absolute atomic E-state index is 4.76. The SMILES string of the molecule is CNCc1ccc2nc(-c3ccc(C)cc3)n(C)c2c1. The van der Waals surface area contributed by atoms with E-state index in [2.05, 4.69) is 66.3 Å². The van der Waals surface area contributed by atoms with Gasteiger partial charge < -0.3 is 9.88 Å². The van der Waals surface area contributed by atoms with Crippen molar-refractivity contribution < 1.29 is 0 Å². The van der Waals surface area contributed by atoms with Gasteiger partial charge in [0.1, 0.15) is 5.82 Å². The summed E-state index contributed by atoms with van der Waals surface area (Å²) in [5, 5.41) is 3.18. The predicted molar refractivity (Wildman–Crippen MR) is 83.7 cm³/mol. The van der Waals surface area contributed by atoms with Crippen LogP contribution in [-0.4, -0.2) is 16.6 Å². The number of aryl methyl sites for hydroxylation is 2. The number of imidazole rings is 1. The molecule has 0 aliphatic heterocycles. The summed E-state index contributed by atoms with van der Waals surface area (Å²) in [6.45, 7) is 2.98. The smallest absolute Gasteiger partial charge is 0.140 e. The Kier molecular flexibility index (Phi) is 3.28. The Bertz CT molecular complexity index is 739. The number of fused-ring (bicyclic) bond motifs is 1. The van der Waals surface area contributed by atoms with E-state index in [1.165, 1.54) is 16.6 Å². The molecule has 0 bridgehead atoms. The summed E-state index contributed by atoms with van der Waals surface area (Å²) in [6, 6.07) is 14.9. The highest BCUT2D eigenvalue weighted by Crippen LogP contribution is 2.24. The van der Waals surface area contributed by atoms with Crippen molar-refractivity contribution in [1.29, 1.82) is 0 Å². The molecule has 1 aromatic heterocycles. The van der Waals surface area contributed by atoms with Crippen molar-refractivity contribution in [2.45, 2.75) is 13.5 Å². The normalized spacial score (nSPS) is 11.2. The Hall–Kier alpha value is -2.13. The molecule has 3 aromatic rings. The van der Waals surface area contributed by atoms with Gasteiger partial charge in [-0.05, 0) is 31.7 Å². The van der Waals surface area contributed by atoms with Crippen LogP contribution in [0, 0.1) is 6.92 Å². The van der Waals surface area contributed by atoms with Crippen molar-refractivity contribution in [1.82, 2.24) is 14.9 Å². The summed E-state index contributed by atoms with van der Waals surface area (Å²) >= 11 is 0. The molecule has 0 spiro atoms. The molecule has 3 rings (SSSR count). The van der Waals surface area contributed by atoms with Gasteiger partial charge in [-0.2, -0.15) is 0 Å². The van der Waals surface area contributed by atoms with Crippen LogP contribution in [0.25, 0.3) is 22.4 Å². The molecule has 0 saturated heterocycles. The Labute approximate surface area is 119 Å². The number of nitrogens with one attached hydrogen (secondary N) is 1. The first-order chi connectivity index (χ1) is 9.69. The van der Waals surface area contributed by atoms with Crippen LogP contribution in [0.5, 0.6) is 0 Å². The highest BCUT2D eigenvalue weighted by molar-refractivity contribution is 5.81. The zero-order valence-corrected chi connectivity index (χ0v) is 12.1. The second-order valence-electron chi connectivity index (χ2n) is 5.21. The van der Waals surface area contributed by atoms with Crippen LogP contribution in [0.3, 0.4) is 0 Å². The fourth-order valence-corrected chi connectivity index (χ4v) is 2.51. The highest BCUT2D eigenvalue weighted by atomic mass is 15.1. The van der Waals surface area contributed by atoms with Gasteiger partial charge in [0, 0.05) is 19.2 Å². The zero-order chi connectivity index (χ0) is 14.1. The van der Waals surface area contributed by atoms with Crippen molar-refractivity contribution in [3.8, 4) is 11.4 Å². The van der Waals surface area contributed by atoms with E-state index in [-0.39, 0.29) is 0 Å². The minimum atomic E-state index is 0.876. The molecule has 0 fully saturated rings. The molecule has 3 nitrogen and oxygen atoms in total. The third-order valence-corrected chi connectivity index (χ3v) is 3.64. The van der Waals surface area contributed by atoms with Gasteiger partial charge in [-0.15, -0.1) is 0 Å². The van der Waals surface area contributed by atoms with Crippen LogP contribution in [0.15, 0.2) is 42.5 Å². The van der Waals surface area contributed by atoms with Crippen molar-refractivity contribution in [2.24, 2.45) is 7.05 Å². The number of rotatable bonds is 3. The van der Waals surface area contributed by atoms with Gasteiger partial charge in [0.15, 0.2) is 0 Å². The molecule has 1 N–H and O–H groups in total. The van der Waals surface area contributed by atoms with E-state index >= 15 is 0 Å². The van der Waals surface area contributed by atoms with Crippen LogP contribution in [0.4, 0.5) is 0 Å². The number of hydrogen-bond donors (Lipinski definition) is 1. The average Bonchev–Trinajstić information content (AvgIpc) is 2.78. The van der Waals surface area contributed by atoms with Gasteiger partial charge in [0.2, 0.25) is 0 Å². The van der Waals surface area contributed by atoms with Crippen molar-refractivity contribution in [3.63, 3.8) is 0 Å². The number of nitrogens with zero attached hydrogens (tertiary/aromatic N) is 2. The van der Waals surface area contributed by atoms with E-state index in [1.807, 2.05) is 7.05 Å². The monoisotopic (exact) mass is 265 g/mol. The molecule has 102 valence electrons. The second-order valence-corrected chi connectivity index (χ2v) is 5.21. The van der Waals surface area contributed by atoms with E-state index < -0.39 is 0 Å². The lowest BCUT2D eigenvalue weighted by Crippen LogP contribution is -2.04. The maximum Gasteiger partial charge on any atom is 0.140 e. The second kappa shape index (κ2) is 5.10.